The van der Waals surface area contributed by atoms with E-state index in [9.17, 15) is 10.1 Å². The van der Waals surface area contributed by atoms with E-state index in [4.69, 9.17) is 5.73 Å². The van der Waals surface area contributed by atoms with Crippen molar-refractivity contribution in [2.45, 2.75) is 46.0 Å². The van der Waals surface area contributed by atoms with Crippen molar-refractivity contribution >= 4 is 11.4 Å². The van der Waals surface area contributed by atoms with Crippen LogP contribution in [-0.2, 0) is 0 Å². The second kappa shape index (κ2) is 4.83. The molecule has 1 fully saturated rings. The molecule has 1 aliphatic rings. The van der Waals surface area contributed by atoms with Gasteiger partial charge in [-0.2, -0.15) is 0 Å². The van der Waals surface area contributed by atoms with Crippen LogP contribution < -0.4 is 5.73 Å². The van der Waals surface area contributed by atoms with Gasteiger partial charge in [-0.05, 0) is 48.1 Å². The smallest absolute Gasteiger partial charge is 0.269 e. The first kappa shape index (κ1) is 13.8. The lowest BCUT2D eigenvalue weighted by Gasteiger charge is -2.39. The summed E-state index contributed by atoms with van der Waals surface area (Å²) in [5, 5.41) is 10.9. The number of nitrogens with zero attached hydrogens (tertiary/aromatic N) is 1. The normalized spacial score (nSPS) is 26.1. The van der Waals surface area contributed by atoms with Crippen molar-refractivity contribution in [3.8, 4) is 0 Å². The van der Waals surface area contributed by atoms with Gasteiger partial charge in [-0.1, -0.05) is 20.8 Å². The third kappa shape index (κ3) is 3.06. The number of nitrogens with two attached hydrogens (primary N) is 1. The van der Waals surface area contributed by atoms with Gasteiger partial charge in [0.25, 0.3) is 5.69 Å². The molecule has 4 heteroatoms. The first-order valence-corrected chi connectivity index (χ1v) is 6.82. The van der Waals surface area contributed by atoms with Crippen LogP contribution >= 0.6 is 0 Å². The number of benzene rings is 1. The van der Waals surface area contributed by atoms with Gasteiger partial charge in [-0.15, -0.1) is 0 Å². The molecule has 0 amide bonds. The van der Waals surface area contributed by atoms with Crippen LogP contribution in [0.25, 0.3) is 0 Å². The molecule has 0 bridgehead atoms. The van der Waals surface area contributed by atoms with Crippen LogP contribution in [0.1, 0.15) is 51.5 Å². The second-order valence-corrected chi connectivity index (χ2v) is 6.68. The van der Waals surface area contributed by atoms with Gasteiger partial charge in [-0.25, -0.2) is 0 Å². The number of nitro groups is 1. The number of anilines is 1. The summed E-state index contributed by atoms with van der Waals surface area (Å²) in [6.07, 6.45) is 3.32. The average Bonchev–Trinajstić information content (AvgIpc) is 2.26. The molecular formula is C15H22N2O2. The van der Waals surface area contributed by atoms with E-state index in [1.165, 1.54) is 12.5 Å². The Morgan fingerprint density at radius 2 is 2.05 bits per heavy atom. The van der Waals surface area contributed by atoms with E-state index in [0.717, 1.165) is 18.4 Å². The summed E-state index contributed by atoms with van der Waals surface area (Å²) in [5.74, 6) is 0.964. The number of nitro benzene ring substituents is 1. The van der Waals surface area contributed by atoms with Crippen LogP contribution in [0.2, 0.25) is 0 Å². The first-order chi connectivity index (χ1) is 8.78. The summed E-state index contributed by atoms with van der Waals surface area (Å²) in [7, 11) is 0. The van der Waals surface area contributed by atoms with Gasteiger partial charge in [0, 0.05) is 17.8 Å². The zero-order valence-electron chi connectivity index (χ0n) is 11.8. The summed E-state index contributed by atoms with van der Waals surface area (Å²) in [6.45, 7) is 6.79. The van der Waals surface area contributed by atoms with Gasteiger partial charge in [0.1, 0.15) is 0 Å². The van der Waals surface area contributed by atoms with Gasteiger partial charge >= 0.3 is 0 Å². The van der Waals surface area contributed by atoms with Crippen LogP contribution in [0.5, 0.6) is 0 Å². The number of rotatable bonds is 2. The minimum Gasteiger partial charge on any atom is -0.398 e. The Kier molecular flexibility index (Phi) is 3.52. The summed E-state index contributed by atoms with van der Waals surface area (Å²) in [4.78, 5) is 10.6. The Labute approximate surface area is 114 Å². The molecule has 1 aliphatic carbocycles. The maximum absolute atomic E-state index is 10.9. The molecule has 19 heavy (non-hydrogen) atoms. The highest BCUT2D eigenvalue weighted by atomic mass is 16.6. The molecule has 2 atom stereocenters. The molecule has 0 spiro atoms. The van der Waals surface area contributed by atoms with Crippen molar-refractivity contribution in [1.82, 2.24) is 0 Å². The van der Waals surface area contributed by atoms with Gasteiger partial charge in [-0.3, -0.25) is 10.1 Å². The van der Waals surface area contributed by atoms with E-state index in [2.05, 4.69) is 20.8 Å². The number of hydrogen-bond acceptors (Lipinski definition) is 3. The number of nitrogen functional groups attached to an aromatic ring is 1. The lowest BCUT2D eigenvalue weighted by atomic mass is 9.66. The van der Waals surface area contributed by atoms with Crippen molar-refractivity contribution in [3.63, 3.8) is 0 Å². The Morgan fingerprint density at radius 1 is 1.37 bits per heavy atom. The molecule has 0 unspecified atom stereocenters. The van der Waals surface area contributed by atoms with E-state index in [1.54, 1.807) is 12.1 Å². The first-order valence-electron chi connectivity index (χ1n) is 6.82. The summed E-state index contributed by atoms with van der Waals surface area (Å²) in [6, 6.07) is 4.81. The van der Waals surface area contributed by atoms with E-state index < -0.39 is 0 Å². The summed E-state index contributed by atoms with van der Waals surface area (Å²) >= 11 is 0. The highest BCUT2D eigenvalue weighted by molar-refractivity contribution is 5.54. The molecule has 0 aliphatic heterocycles. The largest absolute Gasteiger partial charge is 0.398 e. The molecule has 2 rings (SSSR count). The van der Waals surface area contributed by atoms with Crippen LogP contribution in [0, 0.1) is 21.4 Å². The Hall–Kier alpha value is -1.58. The third-order valence-corrected chi connectivity index (χ3v) is 4.11. The highest BCUT2D eigenvalue weighted by Crippen LogP contribution is 2.47. The van der Waals surface area contributed by atoms with Crippen LogP contribution in [0.3, 0.4) is 0 Å². The van der Waals surface area contributed by atoms with Crippen molar-refractivity contribution in [2.75, 3.05) is 5.73 Å². The van der Waals surface area contributed by atoms with Gasteiger partial charge in [0.15, 0.2) is 0 Å². The standard InChI is InChI=1S/C15H22N2O2/c1-10-6-11(9-15(2,3)8-10)13-7-12(17(18)19)4-5-14(13)16/h4-5,7,10-11H,6,8-9,16H2,1-3H3/t10-,11-/m1/s1. The Morgan fingerprint density at radius 3 is 2.63 bits per heavy atom. The SMILES string of the molecule is C[C@@H]1C[C@@H](c2cc([N+](=O)[O-])ccc2N)CC(C)(C)C1. The molecule has 0 saturated heterocycles. The lowest BCUT2D eigenvalue weighted by molar-refractivity contribution is -0.384. The molecular weight excluding hydrogens is 240 g/mol. The van der Waals surface area contributed by atoms with E-state index in [0.29, 0.717) is 17.5 Å². The molecule has 0 radical (unpaired) electrons. The quantitative estimate of drug-likeness (QED) is 0.495. The van der Waals surface area contributed by atoms with Crippen LogP contribution in [-0.4, -0.2) is 4.92 Å². The van der Waals surface area contributed by atoms with E-state index in [1.807, 2.05) is 0 Å². The highest BCUT2D eigenvalue weighted by Gasteiger charge is 2.33. The zero-order chi connectivity index (χ0) is 14.2. The molecule has 1 saturated carbocycles. The molecule has 1 aromatic carbocycles. The van der Waals surface area contributed by atoms with Crippen LogP contribution in [0.4, 0.5) is 11.4 Å². The molecule has 0 heterocycles. The molecule has 104 valence electrons. The predicted molar refractivity (Wildman–Crippen MR) is 77.0 cm³/mol. The van der Waals surface area contributed by atoms with E-state index in [-0.39, 0.29) is 16.0 Å². The third-order valence-electron chi connectivity index (χ3n) is 4.11. The van der Waals surface area contributed by atoms with Gasteiger partial charge in [0.05, 0.1) is 4.92 Å². The zero-order valence-corrected chi connectivity index (χ0v) is 11.8. The molecule has 4 nitrogen and oxygen atoms in total. The molecule has 2 N–H and O–H groups in total. The van der Waals surface area contributed by atoms with Gasteiger partial charge in [0.2, 0.25) is 0 Å². The monoisotopic (exact) mass is 262 g/mol. The predicted octanol–water partition coefficient (Wildman–Crippen LogP) is 4.11. The summed E-state index contributed by atoms with van der Waals surface area (Å²) in [5.41, 5.74) is 8.08. The molecule has 0 aromatic heterocycles. The van der Waals surface area contributed by atoms with Crippen molar-refractivity contribution in [1.29, 1.82) is 0 Å². The number of non-ortho nitro benzene ring substituents is 1. The average molecular weight is 262 g/mol. The topological polar surface area (TPSA) is 69.2 Å². The van der Waals surface area contributed by atoms with Crippen LogP contribution in [0.15, 0.2) is 18.2 Å². The number of hydrogen-bond donors (Lipinski definition) is 1. The second-order valence-electron chi connectivity index (χ2n) is 6.68. The minimum atomic E-state index is -0.347. The van der Waals surface area contributed by atoms with Gasteiger partial charge < -0.3 is 5.73 Å². The fourth-order valence-electron chi connectivity index (χ4n) is 3.61. The maximum Gasteiger partial charge on any atom is 0.269 e. The fourth-order valence-corrected chi connectivity index (χ4v) is 3.61. The summed E-state index contributed by atoms with van der Waals surface area (Å²) < 4.78 is 0. The molecule has 1 aromatic rings. The van der Waals surface area contributed by atoms with E-state index >= 15 is 0 Å². The fraction of sp³-hybridized carbons (Fsp3) is 0.600. The Balaban J connectivity index is 2.35. The maximum atomic E-state index is 10.9. The van der Waals surface area contributed by atoms with Crippen molar-refractivity contribution < 1.29 is 4.92 Å². The minimum absolute atomic E-state index is 0.139. The van der Waals surface area contributed by atoms with Crippen molar-refractivity contribution in [3.05, 3.63) is 33.9 Å². The lowest BCUT2D eigenvalue weighted by Crippen LogP contribution is -2.26. The Bertz CT molecular complexity index is 497. The van der Waals surface area contributed by atoms with Crippen molar-refractivity contribution in [2.24, 2.45) is 11.3 Å².